The third kappa shape index (κ3) is 43.8. The summed E-state index contributed by atoms with van der Waals surface area (Å²) in [4.78, 5) is 34.8. The van der Waals surface area contributed by atoms with Crippen LogP contribution in [0.4, 0.5) is 0 Å². The number of hydrogen-bond donors (Lipinski definition) is 2. The number of allylic oxidation sites excluding steroid dienone is 6. The smallest absolute Gasteiger partial charge is 0.462 e. The van der Waals surface area contributed by atoms with E-state index in [-0.39, 0.29) is 32.6 Å². The van der Waals surface area contributed by atoms with Crippen molar-refractivity contribution >= 4 is 19.8 Å². The largest absolute Gasteiger partial charge is 0.472 e. The Balaban J connectivity index is 3.93. The predicted molar refractivity (Wildman–Crippen MR) is 243 cm³/mol. The van der Waals surface area contributed by atoms with Crippen molar-refractivity contribution in [1.29, 1.82) is 0 Å². The molecule has 9 nitrogen and oxygen atoms in total. The Hall–Kier alpha value is -1.77. The zero-order valence-corrected chi connectivity index (χ0v) is 38.4. The summed E-state index contributed by atoms with van der Waals surface area (Å²) in [6, 6.07) is 0. The first-order valence-electron chi connectivity index (χ1n) is 24.0. The monoisotopic (exact) mass is 840 g/mol. The van der Waals surface area contributed by atoms with Gasteiger partial charge in [-0.25, -0.2) is 4.57 Å². The number of phosphoric ester groups is 1. The van der Waals surface area contributed by atoms with Crippen LogP contribution in [0.3, 0.4) is 0 Å². The standard InChI is InChI=1S/C48H90NO8P/c1-3-5-7-9-11-13-15-16-17-18-19-20-21-22-23-24-25-26-27-28-29-30-31-33-35-37-39-41-48(51)57-46(45-56-58(52,53)55-43-42-49)44-54-47(50)40-38-36-34-32-14-12-10-8-6-4-2/h8,10,15-16,18-19,46H,3-7,9,11-14,17,20-45,49H2,1-2H3,(H,52,53)/b10-8-,16-15-,19-18-. The molecule has 58 heavy (non-hydrogen) atoms. The Bertz CT molecular complexity index is 1050. The first kappa shape index (κ1) is 56.2. The Kier molecular flexibility index (Phi) is 43.4. The topological polar surface area (TPSA) is 134 Å². The number of hydrogen-bond acceptors (Lipinski definition) is 8. The lowest BCUT2D eigenvalue weighted by Crippen LogP contribution is -2.29. The van der Waals surface area contributed by atoms with Crippen LogP contribution < -0.4 is 5.73 Å². The van der Waals surface area contributed by atoms with Gasteiger partial charge in [0.15, 0.2) is 6.10 Å². The molecule has 0 bridgehead atoms. The van der Waals surface area contributed by atoms with Crippen LogP contribution in [0.25, 0.3) is 0 Å². The van der Waals surface area contributed by atoms with Gasteiger partial charge in [0.25, 0.3) is 0 Å². The van der Waals surface area contributed by atoms with E-state index in [1.54, 1.807) is 0 Å². The summed E-state index contributed by atoms with van der Waals surface area (Å²) in [6.45, 7) is 3.66. The minimum Gasteiger partial charge on any atom is -0.462 e. The fourth-order valence-electron chi connectivity index (χ4n) is 6.67. The molecular formula is C48H90NO8P. The van der Waals surface area contributed by atoms with Crippen LogP contribution in [-0.4, -0.2) is 49.3 Å². The summed E-state index contributed by atoms with van der Waals surface area (Å²) in [6.07, 6.45) is 50.6. The van der Waals surface area contributed by atoms with E-state index in [1.807, 2.05) is 0 Å². The second kappa shape index (κ2) is 44.8. The average molecular weight is 840 g/mol. The lowest BCUT2D eigenvalue weighted by atomic mass is 10.0. The maximum Gasteiger partial charge on any atom is 0.472 e. The quantitative estimate of drug-likeness (QED) is 0.0266. The van der Waals surface area contributed by atoms with Gasteiger partial charge in [-0.15, -0.1) is 0 Å². The Morgan fingerprint density at radius 3 is 1.40 bits per heavy atom. The maximum atomic E-state index is 12.6. The number of rotatable bonds is 45. The van der Waals surface area contributed by atoms with Gasteiger partial charge in [-0.05, 0) is 64.2 Å². The summed E-state index contributed by atoms with van der Waals surface area (Å²) in [5, 5.41) is 0. The van der Waals surface area contributed by atoms with Gasteiger partial charge in [0.1, 0.15) is 6.61 Å². The summed E-state index contributed by atoms with van der Waals surface area (Å²) < 4.78 is 32.8. The molecule has 10 heteroatoms. The summed E-state index contributed by atoms with van der Waals surface area (Å²) >= 11 is 0. The number of carbonyl (C=O) groups excluding carboxylic acids is 2. The molecule has 0 radical (unpaired) electrons. The van der Waals surface area contributed by atoms with Crippen LogP contribution in [0, 0.1) is 0 Å². The maximum absolute atomic E-state index is 12.6. The molecule has 0 aromatic rings. The second-order valence-corrected chi connectivity index (χ2v) is 17.4. The van der Waals surface area contributed by atoms with Crippen molar-refractivity contribution in [3.05, 3.63) is 36.5 Å². The van der Waals surface area contributed by atoms with Gasteiger partial charge in [0.2, 0.25) is 0 Å². The van der Waals surface area contributed by atoms with E-state index in [0.717, 1.165) is 70.6 Å². The van der Waals surface area contributed by atoms with Crippen LogP contribution in [0.1, 0.15) is 226 Å². The second-order valence-electron chi connectivity index (χ2n) is 16.0. The van der Waals surface area contributed by atoms with Gasteiger partial charge in [-0.1, -0.05) is 185 Å². The summed E-state index contributed by atoms with van der Waals surface area (Å²) in [7, 11) is -4.38. The van der Waals surface area contributed by atoms with Gasteiger partial charge >= 0.3 is 19.8 Å². The molecule has 0 aromatic heterocycles. The highest BCUT2D eigenvalue weighted by Crippen LogP contribution is 2.43. The van der Waals surface area contributed by atoms with E-state index in [4.69, 9.17) is 24.3 Å². The number of phosphoric acid groups is 1. The third-order valence-corrected chi connectivity index (χ3v) is 11.2. The van der Waals surface area contributed by atoms with Crippen molar-refractivity contribution in [2.24, 2.45) is 5.73 Å². The lowest BCUT2D eigenvalue weighted by Gasteiger charge is -2.19. The highest BCUT2D eigenvalue weighted by molar-refractivity contribution is 7.47. The van der Waals surface area contributed by atoms with E-state index in [0.29, 0.717) is 6.42 Å². The fraction of sp³-hybridized carbons (Fsp3) is 0.833. The summed E-state index contributed by atoms with van der Waals surface area (Å²) in [5.41, 5.74) is 5.35. The number of carbonyl (C=O) groups is 2. The van der Waals surface area contributed by atoms with E-state index in [2.05, 4.69) is 50.3 Å². The van der Waals surface area contributed by atoms with Gasteiger partial charge < -0.3 is 20.1 Å². The molecule has 0 saturated carbocycles. The average Bonchev–Trinajstić information content (AvgIpc) is 3.21. The van der Waals surface area contributed by atoms with E-state index in [1.165, 1.54) is 122 Å². The van der Waals surface area contributed by atoms with Crippen molar-refractivity contribution in [2.75, 3.05) is 26.4 Å². The molecule has 0 saturated heterocycles. The van der Waals surface area contributed by atoms with Gasteiger partial charge in [-0.2, -0.15) is 0 Å². The van der Waals surface area contributed by atoms with Gasteiger partial charge in [0.05, 0.1) is 13.2 Å². The predicted octanol–water partition coefficient (Wildman–Crippen LogP) is 14.1. The first-order chi connectivity index (χ1) is 28.3. The minimum absolute atomic E-state index is 0.0528. The molecular weight excluding hydrogens is 750 g/mol. The molecule has 340 valence electrons. The van der Waals surface area contributed by atoms with Crippen LogP contribution in [0.2, 0.25) is 0 Å². The molecule has 2 unspecified atom stereocenters. The number of unbranched alkanes of at least 4 members (excludes halogenated alkanes) is 26. The molecule has 3 N–H and O–H groups in total. The van der Waals surface area contributed by atoms with Crippen LogP contribution in [0.5, 0.6) is 0 Å². The molecule has 0 aliphatic heterocycles. The van der Waals surface area contributed by atoms with E-state index in [9.17, 15) is 19.0 Å². The van der Waals surface area contributed by atoms with Gasteiger partial charge in [-0.3, -0.25) is 18.6 Å². The summed E-state index contributed by atoms with van der Waals surface area (Å²) in [5.74, 6) is -0.836. The van der Waals surface area contributed by atoms with Gasteiger partial charge in [0, 0.05) is 19.4 Å². The van der Waals surface area contributed by atoms with Crippen molar-refractivity contribution in [2.45, 2.75) is 232 Å². The number of ether oxygens (including phenoxy) is 2. The fourth-order valence-corrected chi connectivity index (χ4v) is 7.43. The normalized spacial score (nSPS) is 13.5. The van der Waals surface area contributed by atoms with Crippen LogP contribution >= 0.6 is 7.82 Å². The van der Waals surface area contributed by atoms with Crippen LogP contribution in [0.15, 0.2) is 36.5 Å². The highest BCUT2D eigenvalue weighted by atomic mass is 31.2. The molecule has 0 aliphatic carbocycles. The molecule has 0 aromatic carbocycles. The van der Waals surface area contributed by atoms with Crippen molar-refractivity contribution < 1.29 is 37.6 Å². The molecule has 0 fully saturated rings. The van der Waals surface area contributed by atoms with Crippen LogP contribution in [-0.2, 0) is 32.7 Å². The lowest BCUT2D eigenvalue weighted by molar-refractivity contribution is -0.161. The van der Waals surface area contributed by atoms with Crippen molar-refractivity contribution in [3.8, 4) is 0 Å². The first-order valence-corrected chi connectivity index (χ1v) is 25.5. The zero-order chi connectivity index (χ0) is 42.5. The molecule has 0 rings (SSSR count). The Labute approximate surface area is 356 Å². The molecule has 0 aliphatic rings. The Morgan fingerprint density at radius 1 is 0.517 bits per heavy atom. The van der Waals surface area contributed by atoms with E-state index < -0.39 is 32.5 Å². The molecule has 0 spiro atoms. The number of esters is 2. The van der Waals surface area contributed by atoms with Crippen molar-refractivity contribution in [3.63, 3.8) is 0 Å². The van der Waals surface area contributed by atoms with E-state index >= 15 is 0 Å². The molecule has 0 heterocycles. The highest BCUT2D eigenvalue weighted by Gasteiger charge is 2.26. The number of nitrogens with two attached hydrogens (primary N) is 1. The third-order valence-electron chi connectivity index (χ3n) is 10.2. The minimum atomic E-state index is -4.38. The Morgan fingerprint density at radius 2 is 0.931 bits per heavy atom. The zero-order valence-electron chi connectivity index (χ0n) is 37.5. The molecule has 2 atom stereocenters. The van der Waals surface area contributed by atoms with Crippen molar-refractivity contribution in [1.82, 2.24) is 0 Å². The SMILES string of the molecule is CCC/C=C\CCCCCCCC(=O)OCC(COP(=O)(O)OCCN)OC(=O)CCCCCCCCCCCCCCCCC/C=C\C/C=C\CCCCCCC. The molecule has 0 amide bonds.